The smallest absolute Gasteiger partial charge is 0.211 e. The van der Waals surface area contributed by atoms with Gasteiger partial charge in [0.2, 0.25) is 10.0 Å². The molecule has 0 radical (unpaired) electrons. The predicted molar refractivity (Wildman–Crippen MR) is 104 cm³/mol. The minimum atomic E-state index is -3.06. The number of halogens is 1. The van der Waals surface area contributed by atoms with Gasteiger partial charge in [0.1, 0.15) is 0 Å². The lowest BCUT2D eigenvalue weighted by Crippen LogP contribution is -2.44. The minimum absolute atomic E-state index is 0.458. The van der Waals surface area contributed by atoms with Gasteiger partial charge in [0, 0.05) is 38.2 Å². The minimum Gasteiger partial charge on any atom is -0.356 e. The first-order valence-electron chi connectivity index (χ1n) is 8.53. The molecule has 0 atom stereocenters. The summed E-state index contributed by atoms with van der Waals surface area (Å²) >= 11 is 6.16. The third kappa shape index (κ3) is 6.49. The molecule has 2 N–H and O–H groups in total. The number of hydrogen-bond donors (Lipinski definition) is 2. The molecule has 0 bridgehead atoms. The summed E-state index contributed by atoms with van der Waals surface area (Å²) in [5.74, 6) is 1.22. The van der Waals surface area contributed by atoms with Crippen molar-refractivity contribution in [3.63, 3.8) is 0 Å². The van der Waals surface area contributed by atoms with Crippen LogP contribution in [0, 0.1) is 5.92 Å². The number of guanidine groups is 1. The van der Waals surface area contributed by atoms with Gasteiger partial charge >= 0.3 is 0 Å². The van der Waals surface area contributed by atoms with E-state index in [1.807, 2.05) is 24.3 Å². The second-order valence-electron chi connectivity index (χ2n) is 6.33. The van der Waals surface area contributed by atoms with Gasteiger partial charge < -0.3 is 10.6 Å². The van der Waals surface area contributed by atoms with Gasteiger partial charge in [0.05, 0.1) is 6.26 Å². The maximum atomic E-state index is 11.5. The molecule has 1 aromatic carbocycles. The van der Waals surface area contributed by atoms with E-state index < -0.39 is 10.0 Å². The molecule has 25 heavy (non-hydrogen) atoms. The average molecular weight is 387 g/mol. The Hall–Kier alpha value is -1.31. The van der Waals surface area contributed by atoms with Crippen molar-refractivity contribution in [3.05, 3.63) is 34.9 Å². The van der Waals surface area contributed by atoms with E-state index in [2.05, 4.69) is 15.6 Å². The van der Waals surface area contributed by atoms with Crippen LogP contribution in [0.15, 0.2) is 29.3 Å². The summed E-state index contributed by atoms with van der Waals surface area (Å²) in [4.78, 5) is 4.24. The topological polar surface area (TPSA) is 73.8 Å². The molecule has 1 aromatic rings. The molecule has 8 heteroatoms. The van der Waals surface area contributed by atoms with E-state index in [1.165, 1.54) is 6.26 Å². The molecular weight excluding hydrogens is 360 g/mol. The Balaban J connectivity index is 1.70. The van der Waals surface area contributed by atoms with Crippen molar-refractivity contribution in [1.82, 2.24) is 14.9 Å². The second-order valence-corrected chi connectivity index (χ2v) is 8.72. The summed E-state index contributed by atoms with van der Waals surface area (Å²) in [7, 11) is -1.31. The fraction of sp³-hybridized carbons (Fsp3) is 0.588. The van der Waals surface area contributed by atoms with Gasteiger partial charge in [0.25, 0.3) is 0 Å². The summed E-state index contributed by atoms with van der Waals surface area (Å²) in [6.45, 7) is 2.74. The molecule has 0 unspecified atom stereocenters. The van der Waals surface area contributed by atoms with Crippen LogP contribution >= 0.6 is 11.6 Å². The van der Waals surface area contributed by atoms with E-state index in [-0.39, 0.29) is 0 Å². The summed E-state index contributed by atoms with van der Waals surface area (Å²) in [6.07, 6.45) is 3.84. The first-order valence-corrected chi connectivity index (χ1v) is 10.8. The van der Waals surface area contributed by atoms with E-state index in [4.69, 9.17) is 11.6 Å². The zero-order chi connectivity index (χ0) is 18.3. The standard InChI is InChI=1S/C17H27ClN4O2S/c1-19-17(20-10-7-15-5-3-4-6-16(15)18)21-13-14-8-11-22(12-9-14)25(2,23)24/h3-6,14H,7-13H2,1-2H3,(H2,19,20,21). The Morgan fingerprint density at radius 2 is 1.96 bits per heavy atom. The Morgan fingerprint density at radius 3 is 2.56 bits per heavy atom. The third-order valence-electron chi connectivity index (χ3n) is 4.47. The van der Waals surface area contributed by atoms with Crippen LogP contribution in [0.4, 0.5) is 0 Å². The second kappa shape index (κ2) is 9.40. The molecule has 0 spiro atoms. The highest BCUT2D eigenvalue weighted by atomic mass is 35.5. The fourth-order valence-electron chi connectivity index (χ4n) is 2.92. The number of rotatable bonds is 6. The summed E-state index contributed by atoms with van der Waals surface area (Å²) in [5.41, 5.74) is 1.11. The molecule has 0 aromatic heterocycles. The van der Waals surface area contributed by atoms with Crippen molar-refractivity contribution >= 4 is 27.6 Å². The number of aliphatic imine (C=N–C) groups is 1. The van der Waals surface area contributed by atoms with Crippen LogP contribution in [0.3, 0.4) is 0 Å². The summed E-state index contributed by atoms with van der Waals surface area (Å²) in [5, 5.41) is 7.41. The molecule has 0 aliphatic carbocycles. The van der Waals surface area contributed by atoms with Gasteiger partial charge in [-0.15, -0.1) is 0 Å². The van der Waals surface area contributed by atoms with Gasteiger partial charge in [-0.3, -0.25) is 4.99 Å². The number of hydrogen-bond acceptors (Lipinski definition) is 3. The summed E-state index contributed by atoms with van der Waals surface area (Å²) in [6, 6.07) is 7.83. The number of sulfonamides is 1. The summed E-state index contributed by atoms with van der Waals surface area (Å²) < 4.78 is 24.6. The van der Waals surface area contributed by atoms with Crippen LogP contribution in [0.2, 0.25) is 5.02 Å². The van der Waals surface area contributed by atoms with Crippen LogP contribution in [0.1, 0.15) is 18.4 Å². The van der Waals surface area contributed by atoms with Crippen molar-refractivity contribution in [3.8, 4) is 0 Å². The number of nitrogens with one attached hydrogen (secondary N) is 2. The highest BCUT2D eigenvalue weighted by Crippen LogP contribution is 2.18. The Morgan fingerprint density at radius 1 is 1.28 bits per heavy atom. The predicted octanol–water partition coefficient (Wildman–Crippen LogP) is 1.72. The van der Waals surface area contributed by atoms with Crippen LogP contribution < -0.4 is 10.6 Å². The molecule has 1 aliphatic rings. The SMILES string of the molecule is CN=C(NCCc1ccccc1Cl)NCC1CCN(S(C)(=O)=O)CC1. The fourth-order valence-corrected chi connectivity index (χ4v) is 4.03. The van der Waals surface area contributed by atoms with Crippen molar-refractivity contribution < 1.29 is 8.42 Å². The molecule has 6 nitrogen and oxygen atoms in total. The number of nitrogens with zero attached hydrogens (tertiary/aromatic N) is 2. The van der Waals surface area contributed by atoms with Crippen LogP contribution in [0.25, 0.3) is 0 Å². The lowest BCUT2D eigenvalue weighted by atomic mass is 9.98. The lowest BCUT2D eigenvalue weighted by molar-refractivity contribution is 0.275. The van der Waals surface area contributed by atoms with Crippen molar-refractivity contribution in [2.75, 3.05) is 39.5 Å². The normalized spacial score (nSPS) is 17.5. The molecule has 2 rings (SSSR count). The maximum absolute atomic E-state index is 11.5. The lowest BCUT2D eigenvalue weighted by Gasteiger charge is -2.30. The molecule has 1 aliphatic heterocycles. The van der Waals surface area contributed by atoms with Gasteiger partial charge in [-0.2, -0.15) is 0 Å². The van der Waals surface area contributed by atoms with E-state index >= 15 is 0 Å². The molecule has 0 amide bonds. The quantitative estimate of drug-likeness (QED) is 0.576. The number of piperidine rings is 1. The van der Waals surface area contributed by atoms with E-state index in [0.717, 1.165) is 48.9 Å². The molecule has 0 saturated carbocycles. The molecule has 1 saturated heterocycles. The van der Waals surface area contributed by atoms with Crippen LogP contribution in [-0.2, 0) is 16.4 Å². The van der Waals surface area contributed by atoms with Crippen LogP contribution in [0.5, 0.6) is 0 Å². The maximum Gasteiger partial charge on any atom is 0.211 e. The third-order valence-corrected chi connectivity index (χ3v) is 6.14. The van der Waals surface area contributed by atoms with Gasteiger partial charge in [0.15, 0.2) is 5.96 Å². The Labute approximate surface area is 155 Å². The number of benzene rings is 1. The molecular formula is C17H27ClN4O2S. The largest absolute Gasteiger partial charge is 0.356 e. The van der Waals surface area contributed by atoms with E-state index in [9.17, 15) is 8.42 Å². The van der Waals surface area contributed by atoms with Crippen LogP contribution in [-0.4, -0.2) is 58.2 Å². The van der Waals surface area contributed by atoms with Crippen molar-refractivity contribution in [1.29, 1.82) is 0 Å². The van der Waals surface area contributed by atoms with Gasteiger partial charge in [-0.1, -0.05) is 29.8 Å². The first kappa shape index (κ1) is 20.0. The zero-order valence-corrected chi connectivity index (χ0v) is 16.4. The highest BCUT2D eigenvalue weighted by molar-refractivity contribution is 7.88. The van der Waals surface area contributed by atoms with Crippen molar-refractivity contribution in [2.24, 2.45) is 10.9 Å². The Bertz CT molecular complexity index is 686. The van der Waals surface area contributed by atoms with Crippen molar-refractivity contribution in [2.45, 2.75) is 19.3 Å². The monoisotopic (exact) mass is 386 g/mol. The molecule has 140 valence electrons. The average Bonchev–Trinajstić information content (AvgIpc) is 2.59. The van der Waals surface area contributed by atoms with E-state index in [1.54, 1.807) is 11.4 Å². The Kier molecular flexibility index (Phi) is 7.53. The molecule has 1 heterocycles. The highest BCUT2D eigenvalue weighted by Gasteiger charge is 2.24. The van der Waals surface area contributed by atoms with Gasteiger partial charge in [-0.25, -0.2) is 12.7 Å². The first-order chi connectivity index (χ1) is 11.9. The van der Waals surface area contributed by atoms with E-state index in [0.29, 0.717) is 19.0 Å². The zero-order valence-electron chi connectivity index (χ0n) is 14.8. The molecule has 1 fully saturated rings. The van der Waals surface area contributed by atoms with Gasteiger partial charge in [-0.05, 0) is 36.8 Å².